The van der Waals surface area contributed by atoms with Gasteiger partial charge in [0.05, 0.1) is 0 Å². The number of aldehydes is 1. The van der Waals surface area contributed by atoms with Crippen LogP contribution in [-0.2, 0) is 10.5 Å². The molecule has 0 aliphatic carbocycles. The van der Waals surface area contributed by atoms with Gasteiger partial charge in [-0.3, -0.25) is 4.79 Å². The molecule has 2 rings (SSSR count). The lowest BCUT2D eigenvalue weighted by Crippen LogP contribution is -1.93. The Morgan fingerprint density at radius 1 is 1.20 bits per heavy atom. The van der Waals surface area contributed by atoms with E-state index in [9.17, 15) is 9.18 Å². The van der Waals surface area contributed by atoms with Crippen molar-refractivity contribution in [1.29, 1.82) is 0 Å². The molecular formula is C16H14FNOS. The number of thioether (sulfide) groups is 1. The highest BCUT2D eigenvalue weighted by Crippen LogP contribution is 2.29. The van der Waals surface area contributed by atoms with Crippen molar-refractivity contribution < 1.29 is 9.18 Å². The molecule has 2 aromatic rings. The highest BCUT2D eigenvalue weighted by molar-refractivity contribution is 7.98. The second-order valence-electron chi connectivity index (χ2n) is 4.18. The van der Waals surface area contributed by atoms with Gasteiger partial charge in [-0.2, -0.15) is 0 Å². The SMILES string of the molecule is Nc1cc(F)c(SCc2ccccc2)cc1/C=C/C=O. The molecule has 0 heterocycles. The van der Waals surface area contributed by atoms with Crippen molar-refractivity contribution in [3.05, 3.63) is 65.5 Å². The number of anilines is 1. The number of nitrogen functional groups attached to an aromatic ring is 1. The predicted octanol–water partition coefficient (Wildman–Crippen LogP) is 3.91. The van der Waals surface area contributed by atoms with Crippen LogP contribution in [-0.4, -0.2) is 6.29 Å². The van der Waals surface area contributed by atoms with Crippen molar-refractivity contribution >= 4 is 29.8 Å². The van der Waals surface area contributed by atoms with Gasteiger partial charge in [0.2, 0.25) is 0 Å². The van der Waals surface area contributed by atoms with E-state index in [-0.39, 0.29) is 5.82 Å². The van der Waals surface area contributed by atoms with Gasteiger partial charge in [0.15, 0.2) is 0 Å². The van der Waals surface area contributed by atoms with Crippen LogP contribution < -0.4 is 5.73 Å². The lowest BCUT2D eigenvalue weighted by molar-refractivity contribution is -0.104. The lowest BCUT2D eigenvalue weighted by atomic mass is 10.1. The first-order valence-corrected chi connectivity index (χ1v) is 7.07. The van der Waals surface area contributed by atoms with Gasteiger partial charge in [-0.25, -0.2) is 4.39 Å². The third kappa shape index (κ3) is 3.71. The molecular weight excluding hydrogens is 273 g/mol. The molecule has 0 spiro atoms. The molecule has 2 nitrogen and oxygen atoms in total. The van der Waals surface area contributed by atoms with E-state index in [1.807, 2.05) is 30.3 Å². The van der Waals surface area contributed by atoms with E-state index in [0.717, 1.165) is 5.56 Å². The van der Waals surface area contributed by atoms with Gasteiger partial charge in [-0.15, -0.1) is 11.8 Å². The molecule has 0 aliphatic heterocycles. The zero-order chi connectivity index (χ0) is 14.4. The molecule has 0 aliphatic rings. The Balaban J connectivity index is 2.18. The van der Waals surface area contributed by atoms with E-state index in [2.05, 4.69) is 0 Å². The summed E-state index contributed by atoms with van der Waals surface area (Å²) >= 11 is 1.40. The topological polar surface area (TPSA) is 43.1 Å². The average molecular weight is 287 g/mol. The van der Waals surface area contributed by atoms with Gasteiger partial charge < -0.3 is 5.73 Å². The van der Waals surface area contributed by atoms with Crippen LogP contribution in [0.4, 0.5) is 10.1 Å². The predicted molar refractivity (Wildman–Crippen MR) is 81.9 cm³/mol. The zero-order valence-electron chi connectivity index (χ0n) is 10.8. The fourth-order valence-corrected chi connectivity index (χ4v) is 2.64. The molecule has 0 aromatic heterocycles. The van der Waals surface area contributed by atoms with Gasteiger partial charge in [0.25, 0.3) is 0 Å². The van der Waals surface area contributed by atoms with Gasteiger partial charge >= 0.3 is 0 Å². The van der Waals surface area contributed by atoms with Gasteiger partial charge in [-0.1, -0.05) is 30.3 Å². The third-order valence-electron chi connectivity index (χ3n) is 2.73. The van der Waals surface area contributed by atoms with Gasteiger partial charge in [0.1, 0.15) is 12.1 Å². The van der Waals surface area contributed by atoms with Crippen LogP contribution in [0.3, 0.4) is 0 Å². The Bertz CT molecular complexity index is 626. The van der Waals surface area contributed by atoms with Crippen molar-refractivity contribution in [2.75, 3.05) is 5.73 Å². The molecule has 102 valence electrons. The Morgan fingerprint density at radius 3 is 2.65 bits per heavy atom. The van der Waals surface area contributed by atoms with Crippen molar-refractivity contribution in [3.63, 3.8) is 0 Å². The number of benzene rings is 2. The first-order valence-electron chi connectivity index (χ1n) is 6.08. The largest absolute Gasteiger partial charge is 0.398 e. The van der Waals surface area contributed by atoms with Crippen LogP contribution in [0.5, 0.6) is 0 Å². The van der Waals surface area contributed by atoms with Crippen molar-refractivity contribution in [3.8, 4) is 0 Å². The Kier molecular flexibility index (Phi) is 4.96. The molecule has 20 heavy (non-hydrogen) atoms. The summed E-state index contributed by atoms with van der Waals surface area (Å²) in [6.07, 6.45) is 3.59. The number of halogens is 1. The minimum atomic E-state index is -0.341. The first kappa shape index (κ1) is 14.3. The van der Waals surface area contributed by atoms with Crippen molar-refractivity contribution in [2.24, 2.45) is 0 Å². The molecule has 0 fully saturated rings. The molecule has 2 N–H and O–H groups in total. The maximum absolute atomic E-state index is 13.9. The summed E-state index contributed by atoms with van der Waals surface area (Å²) in [5.41, 5.74) is 7.82. The lowest BCUT2D eigenvalue weighted by Gasteiger charge is -2.07. The Labute approximate surface area is 121 Å². The molecule has 0 atom stereocenters. The fraction of sp³-hybridized carbons (Fsp3) is 0.0625. The van der Waals surface area contributed by atoms with Crippen molar-refractivity contribution in [2.45, 2.75) is 10.6 Å². The quantitative estimate of drug-likeness (QED) is 0.392. The standard InChI is InChI=1S/C16H14FNOS/c17-14-10-15(18)13(7-4-8-19)9-16(14)20-11-12-5-2-1-3-6-12/h1-10H,11,18H2/b7-4+. The van der Waals surface area contributed by atoms with Gasteiger partial charge in [-0.05, 0) is 35.4 Å². The molecule has 0 saturated carbocycles. The normalized spacial score (nSPS) is 10.8. The van der Waals surface area contributed by atoms with Crippen LogP contribution >= 0.6 is 11.8 Å². The molecule has 0 saturated heterocycles. The van der Waals surface area contributed by atoms with Crippen LogP contribution in [0, 0.1) is 5.82 Å². The number of allylic oxidation sites excluding steroid dienone is 1. The molecule has 0 amide bonds. The second kappa shape index (κ2) is 6.91. The Morgan fingerprint density at radius 2 is 1.95 bits per heavy atom. The highest BCUT2D eigenvalue weighted by atomic mass is 32.2. The number of nitrogens with two attached hydrogens (primary N) is 1. The van der Waals surface area contributed by atoms with E-state index < -0.39 is 0 Å². The van der Waals surface area contributed by atoms with Crippen LogP contribution in [0.25, 0.3) is 6.08 Å². The van der Waals surface area contributed by atoms with Gasteiger partial charge in [0, 0.05) is 16.3 Å². The number of carbonyl (C=O) groups is 1. The van der Waals surface area contributed by atoms with E-state index in [4.69, 9.17) is 5.73 Å². The summed E-state index contributed by atoms with van der Waals surface area (Å²) in [5.74, 6) is 0.338. The first-order chi connectivity index (χ1) is 9.70. The number of hydrogen-bond donors (Lipinski definition) is 1. The van der Waals surface area contributed by atoms with Crippen LogP contribution in [0.1, 0.15) is 11.1 Å². The minimum absolute atomic E-state index is 0.324. The van der Waals surface area contributed by atoms with E-state index >= 15 is 0 Å². The summed E-state index contributed by atoms with van der Waals surface area (Å²) in [4.78, 5) is 10.9. The summed E-state index contributed by atoms with van der Waals surface area (Å²) < 4.78 is 13.9. The maximum Gasteiger partial charge on any atom is 0.142 e. The molecule has 0 bridgehead atoms. The average Bonchev–Trinajstić information content (AvgIpc) is 2.46. The minimum Gasteiger partial charge on any atom is -0.398 e. The monoisotopic (exact) mass is 287 g/mol. The smallest absolute Gasteiger partial charge is 0.142 e. The Hall–Kier alpha value is -2.07. The van der Waals surface area contributed by atoms with E-state index in [1.54, 1.807) is 12.1 Å². The molecule has 4 heteroatoms. The second-order valence-corrected chi connectivity index (χ2v) is 5.20. The van der Waals surface area contributed by atoms with Crippen LogP contribution in [0.2, 0.25) is 0 Å². The number of rotatable bonds is 5. The summed E-state index contributed by atoms with van der Waals surface area (Å²) in [5, 5.41) is 0. The molecule has 0 unspecified atom stereocenters. The summed E-state index contributed by atoms with van der Waals surface area (Å²) in [6.45, 7) is 0. The van der Waals surface area contributed by atoms with E-state index in [0.29, 0.717) is 28.2 Å². The fourth-order valence-electron chi connectivity index (χ4n) is 1.72. The zero-order valence-corrected chi connectivity index (χ0v) is 11.6. The summed E-state index contributed by atoms with van der Waals surface area (Å²) in [7, 11) is 0. The number of carbonyl (C=O) groups excluding carboxylic acids is 1. The van der Waals surface area contributed by atoms with Crippen molar-refractivity contribution in [1.82, 2.24) is 0 Å². The van der Waals surface area contributed by atoms with E-state index in [1.165, 1.54) is 23.9 Å². The molecule has 0 radical (unpaired) electrons. The maximum atomic E-state index is 13.9. The number of hydrogen-bond acceptors (Lipinski definition) is 3. The molecule has 2 aromatic carbocycles. The third-order valence-corrected chi connectivity index (χ3v) is 3.83. The highest BCUT2D eigenvalue weighted by Gasteiger charge is 2.07. The van der Waals surface area contributed by atoms with Crippen LogP contribution in [0.15, 0.2) is 53.4 Å². The summed E-state index contributed by atoms with van der Waals surface area (Å²) in [6, 6.07) is 12.8.